The first-order valence-corrected chi connectivity index (χ1v) is 13.0. The second-order valence-electron chi connectivity index (χ2n) is 9.54. The highest BCUT2D eigenvalue weighted by Crippen LogP contribution is 2.30. The standard InChI is InChI=1S/C28H32N4OS/c1-32(2)25-16-27(31-24-9-5-3-8-23(24)25)30-21-13-11-19(12-14-21)17-29-28(33)15-20-18-34-26-10-6-4-7-22(20)26/h3-10,16,18-19,21H,11-15,17H2,1-2H3,(H,29,33)(H,30,31)/t19-,21+. The van der Waals surface area contributed by atoms with Gasteiger partial charge in [-0.05, 0) is 60.1 Å². The number of benzene rings is 2. The summed E-state index contributed by atoms with van der Waals surface area (Å²) in [5.74, 6) is 1.62. The molecule has 2 aromatic heterocycles. The highest BCUT2D eigenvalue weighted by molar-refractivity contribution is 7.17. The first-order valence-electron chi connectivity index (χ1n) is 12.1. The fourth-order valence-corrected chi connectivity index (χ4v) is 5.95. The summed E-state index contributed by atoms with van der Waals surface area (Å²) in [6, 6.07) is 19.2. The Kier molecular flexibility index (Phi) is 6.68. The van der Waals surface area contributed by atoms with Crippen LogP contribution in [0.25, 0.3) is 21.0 Å². The van der Waals surface area contributed by atoms with E-state index < -0.39 is 0 Å². The zero-order valence-corrected chi connectivity index (χ0v) is 20.7. The molecule has 5 rings (SSSR count). The van der Waals surface area contributed by atoms with Gasteiger partial charge in [0.2, 0.25) is 5.91 Å². The molecule has 2 heterocycles. The summed E-state index contributed by atoms with van der Waals surface area (Å²) in [4.78, 5) is 19.6. The maximum atomic E-state index is 12.6. The van der Waals surface area contributed by atoms with Crippen LogP contribution in [0.2, 0.25) is 0 Å². The van der Waals surface area contributed by atoms with Gasteiger partial charge in [0.1, 0.15) is 5.82 Å². The van der Waals surface area contributed by atoms with E-state index in [0.29, 0.717) is 18.4 Å². The third kappa shape index (κ3) is 5.02. The van der Waals surface area contributed by atoms with Gasteiger partial charge in [-0.2, -0.15) is 0 Å². The first kappa shape index (κ1) is 22.7. The van der Waals surface area contributed by atoms with Crippen molar-refractivity contribution in [2.45, 2.75) is 38.1 Å². The van der Waals surface area contributed by atoms with Crippen LogP contribution in [-0.2, 0) is 11.2 Å². The van der Waals surface area contributed by atoms with E-state index in [1.54, 1.807) is 11.3 Å². The number of aromatic nitrogens is 1. The van der Waals surface area contributed by atoms with E-state index >= 15 is 0 Å². The summed E-state index contributed by atoms with van der Waals surface area (Å²) in [6.07, 6.45) is 4.90. The highest BCUT2D eigenvalue weighted by atomic mass is 32.1. The van der Waals surface area contributed by atoms with E-state index in [9.17, 15) is 4.79 Å². The van der Waals surface area contributed by atoms with Gasteiger partial charge in [-0.15, -0.1) is 11.3 Å². The Morgan fingerprint density at radius 1 is 1.03 bits per heavy atom. The SMILES string of the molecule is CN(C)c1cc(N[C@H]2CC[C@@H](CNC(=O)Cc3csc4ccccc34)CC2)nc2ccccc12. The van der Waals surface area contributed by atoms with Gasteiger partial charge in [0, 0.05) is 48.5 Å². The predicted molar refractivity (Wildman–Crippen MR) is 144 cm³/mol. The molecule has 1 fully saturated rings. The van der Waals surface area contributed by atoms with Crippen molar-refractivity contribution in [3.05, 3.63) is 65.5 Å². The molecule has 34 heavy (non-hydrogen) atoms. The average molecular weight is 473 g/mol. The van der Waals surface area contributed by atoms with Gasteiger partial charge in [0.25, 0.3) is 0 Å². The Morgan fingerprint density at radius 2 is 1.76 bits per heavy atom. The molecule has 0 aliphatic heterocycles. The normalized spacial score (nSPS) is 18.2. The molecule has 0 saturated heterocycles. The first-order chi connectivity index (χ1) is 16.6. The number of amides is 1. The maximum absolute atomic E-state index is 12.6. The molecule has 6 heteroatoms. The van der Waals surface area contributed by atoms with Crippen molar-refractivity contribution in [3.8, 4) is 0 Å². The zero-order chi connectivity index (χ0) is 23.5. The number of pyridine rings is 1. The second-order valence-corrected chi connectivity index (χ2v) is 10.4. The summed E-state index contributed by atoms with van der Waals surface area (Å²) in [5, 5.41) is 11.4. The van der Waals surface area contributed by atoms with Crippen molar-refractivity contribution in [3.63, 3.8) is 0 Å². The van der Waals surface area contributed by atoms with E-state index in [0.717, 1.165) is 49.1 Å². The number of thiophene rings is 1. The Morgan fingerprint density at radius 3 is 2.56 bits per heavy atom. The Balaban J connectivity index is 1.12. The van der Waals surface area contributed by atoms with Crippen molar-refractivity contribution in [2.75, 3.05) is 30.9 Å². The van der Waals surface area contributed by atoms with Crippen molar-refractivity contribution < 1.29 is 4.79 Å². The van der Waals surface area contributed by atoms with Crippen LogP contribution >= 0.6 is 11.3 Å². The van der Waals surface area contributed by atoms with E-state index in [2.05, 4.69) is 71.4 Å². The Bertz CT molecular complexity index is 1290. The quantitative estimate of drug-likeness (QED) is 0.354. The third-order valence-corrected chi connectivity index (χ3v) is 7.89. The molecule has 1 aliphatic carbocycles. The van der Waals surface area contributed by atoms with Crippen molar-refractivity contribution in [2.24, 2.45) is 5.92 Å². The predicted octanol–water partition coefficient (Wildman–Crippen LogP) is 5.85. The molecule has 2 N–H and O–H groups in total. The van der Waals surface area contributed by atoms with Gasteiger partial charge in [0.05, 0.1) is 11.9 Å². The van der Waals surface area contributed by atoms with E-state index in [1.807, 2.05) is 18.2 Å². The number of anilines is 2. The zero-order valence-electron chi connectivity index (χ0n) is 19.9. The fourth-order valence-electron chi connectivity index (χ4n) is 4.98. The molecule has 0 atom stereocenters. The number of carbonyl (C=O) groups excluding carboxylic acids is 1. The van der Waals surface area contributed by atoms with E-state index in [-0.39, 0.29) is 5.91 Å². The monoisotopic (exact) mass is 472 g/mol. The van der Waals surface area contributed by atoms with Crippen LogP contribution < -0.4 is 15.5 Å². The van der Waals surface area contributed by atoms with Crippen LogP contribution in [0.5, 0.6) is 0 Å². The molecule has 0 spiro atoms. The molecule has 4 aromatic rings. The summed E-state index contributed by atoms with van der Waals surface area (Å²) in [5.41, 5.74) is 3.33. The largest absolute Gasteiger partial charge is 0.377 e. The lowest BCUT2D eigenvalue weighted by Crippen LogP contribution is -2.34. The van der Waals surface area contributed by atoms with Crippen LogP contribution in [0.3, 0.4) is 0 Å². The molecule has 0 radical (unpaired) electrons. The number of hydrogen-bond acceptors (Lipinski definition) is 5. The van der Waals surface area contributed by atoms with Crippen molar-refractivity contribution >= 4 is 49.7 Å². The minimum absolute atomic E-state index is 0.125. The summed E-state index contributed by atoms with van der Waals surface area (Å²) < 4.78 is 1.25. The van der Waals surface area contributed by atoms with E-state index in [1.165, 1.54) is 21.2 Å². The third-order valence-electron chi connectivity index (χ3n) is 6.87. The Labute approximate surface area is 205 Å². The minimum atomic E-state index is 0.125. The number of fused-ring (bicyclic) bond motifs is 2. The van der Waals surface area contributed by atoms with Crippen LogP contribution in [0, 0.1) is 5.92 Å². The lowest BCUT2D eigenvalue weighted by atomic mass is 9.86. The maximum Gasteiger partial charge on any atom is 0.224 e. The van der Waals surface area contributed by atoms with E-state index in [4.69, 9.17) is 4.98 Å². The molecule has 1 saturated carbocycles. The van der Waals surface area contributed by atoms with Gasteiger partial charge in [-0.25, -0.2) is 4.98 Å². The molecular weight excluding hydrogens is 440 g/mol. The number of nitrogens with zero attached hydrogens (tertiary/aromatic N) is 2. The molecule has 1 aliphatic rings. The molecular formula is C28H32N4OS. The average Bonchev–Trinajstić information content (AvgIpc) is 3.26. The Hall–Kier alpha value is -3.12. The molecule has 0 unspecified atom stereocenters. The number of rotatable bonds is 7. The van der Waals surface area contributed by atoms with Gasteiger partial charge in [0.15, 0.2) is 0 Å². The number of carbonyl (C=O) groups is 1. The highest BCUT2D eigenvalue weighted by Gasteiger charge is 2.22. The molecule has 2 aromatic carbocycles. The van der Waals surface area contributed by atoms with Gasteiger partial charge in [-0.1, -0.05) is 36.4 Å². The minimum Gasteiger partial charge on any atom is -0.377 e. The molecule has 5 nitrogen and oxygen atoms in total. The summed E-state index contributed by atoms with van der Waals surface area (Å²) >= 11 is 1.71. The number of nitrogens with one attached hydrogen (secondary N) is 2. The van der Waals surface area contributed by atoms with Crippen molar-refractivity contribution in [1.29, 1.82) is 0 Å². The molecule has 0 bridgehead atoms. The summed E-state index contributed by atoms with van der Waals surface area (Å²) in [6.45, 7) is 0.770. The van der Waals surface area contributed by atoms with Crippen LogP contribution in [0.4, 0.5) is 11.5 Å². The van der Waals surface area contributed by atoms with Gasteiger partial charge < -0.3 is 15.5 Å². The lowest BCUT2D eigenvalue weighted by molar-refractivity contribution is -0.120. The second kappa shape index (κ2) is 10.0. The van der Waals surface area contributed by atoms with Gasteiger partial charge in [-0.3, -0.25) is 4.79 Å². The fraction of sp³-hybridized carbons (Fsp3) is 0.357. The van der Waals surface area contributed by atoms with Crippen LogP contribution in [0.1, 0.15) is 31.2 Å². The van der Waals surface area contributed by atoms with Gasteiger partial charge >= 0.3 is 0 Å². The van der Waals surface area contributed by atoms with Crippen molar-refractivity contribution in [1.82, 2.24) is 10.3 Å². The molecule has 1 amide bonds. The molecule has 176 valence electrons. The summed E-state index contributed by atoms with van der Waals surface area (Å²) in [7, 11) is 4.15. The smallest absolute Gasteiger partial charge is 0.224 e. The lowest BCUT2D eigenvalue weighted by Gasteiger charge is -2.30. The van der Waals surface area contributed by atoms with Crippen LogP contribution in [0.15, 0.2) is 60.0 Å². The number of para-hydroxylation sites is 1. The topological polar surface area (TPSA) is 57.3 Å². The number of hydrogen-bond donors (Lipinski definition) is 2. The van der Waals surface area contributed by atoms with Crippen LogP contribution in [-0.4, -0.2) is 37.6 Å².